The first-order valence-corrected chi connectivity index (χ1v) is 15.4. The molecule has 0 saturated heterocycles. The van der Waals surface area contributed by atoms with Gasteiger partial charge in [0, 0.05) is 12.1 Å². The molecule has 0 aromatic heterocycles. The Morgan fingerprint density at radius 2 is 1.44 bits per heavy atom. The van der Waals surface area contributed by atoms with E-state index in [0.29, 0.717) is 12.1 Å². The lowest BCUT2D eigenvalue weighted by Gasteiger charge is -2.35. The Morgan fingerprint density at radius 1 is 0.829 bits per heavy atom. The average Bonchev–Trinajstić information content (AvgIpc) is 2.85. The number of sulfonamides is 1. The first-order chi connectivity index (χ1) is 19.1. The number of hydrogen-bond acceptors (Lipinski definition) is 4. The predicted octanol–water partition coefficient (Wildman–Crippen LogP) is 5.84. The van der Waals surface area contributed by atoms with Crippen molar-refractivity contribution in [2.75, 3.05) is 10.8 Å². The molecule has 3 aromatic carbocycles. The molecule has 0 bridgehead atoms. The maximum atomic E-state index is 14.2. The summed E-state index contributed by atoms with van der Waals surface area (Å²) in [4.78, 5) is 29.3. The summed E-state index contributed by atoms with van der Waals surface area (Å²) in [7, 11) is -4.11. The van der Waals surface area contributed by atoms with Crippen LogP contribution in [-0.2, 0) is 26.2 Å². The third-order valence-corrected chi connectivity index (χ3v) is 8.49. The minimum Gasteiger partial charge on any atom is -0.350 e. The van der Waals surface area contributed by atoms with E-state index >= 15 is 0 Å². The molecule has 0 aliphatic rings. The van der Waals surface area contributed by atoms with Gasteiger partial charge in [-0.25, -0.2) is 8.42 Å². The normalized spacial score (nSPS) is 12.5. The Bertz CT molecular complexity index is 1470. The Labute approximate surface area is 245 Å². The molecule has 0 radical (unpaired) electrons. The lowest BCUT2D eigenvalue weighted by Crippen LogP contribution is -2.55. The molecule has 1 atom stereocenters. The number of carbonyl (C=O) groups excluding carboxylic acids is 2. The van der Waals surface area contributed by atoms with Crippen molar-refractivity contribution < 1.29 is 18.0 Å². The molecule has 2 amide bonds. The van der Waals surface area contributed by atoms with Crippen molar-refractivity contribution in [3.05, 3.63) is 94.5 Å². The zero-order valence-corrected chi connectivity index (χ0v) is 26.3. The third kappa shape index (κ3) is 8.43. The van der Waals surface area contributed by atoms with Gasteiger partial charge in [-0.15, -0.1) is 0 Å². The molecule has 1 unspecified atom stereocenters. The predicted molar refractivity (Wildman–Crippen MR) is 165 cm³/mol. The van der Waals surface area contributed by atoms with Crippen LogP contribution in [0.5, 0.6) is 0 Å². The van der Waals surface area contributed by atoms with E-state index in [1.54, 1.807) is 36.4 Å². The number of rotatable bonds is 10. The molecule has 1 N–H and O–H groups in total. The van der Waals surface area contributed by atoms with Crippen molar-refractivity contribution in [3.63, 3.8) is 0 Å². The van der Waals surface area contributed by atoms with E-state index in [1.807, 2.05) is 85.7 Å². The largest absolute Gasteiger partial charge is 0.350 e. The lowest BCUT2D eigenvalue weighted by atomic mass is 10.0. The highest BCUT2D eigenvalue weighted by molar-refractivity contribution is 7.92. The van der Waals surface area contributed by atoms with E-state index in [2.05, 4.69) is 5.32 Å². The van der Waals surface area contributed by atoms with Crippen LogP contribution in [0.15, 0.2) is 71.6 Å². The summed E-state index contributed by atoms with van der Waals surface area (Å²) in [5, 5.41) is 3.00. The molecule has 0 aliphatic heterocycles. The third-order valence-electron chi connectivity index (χ3n) is 6.70. The van der Waals surface area contributed by atoms with Gasteiger partial charge in [-0.1, -0.05) is 60.5 Å². The minimum atomic E-state index is -4.11. The van der Waals surface area contributed by atoms with Crippen LogP contribution in [0.25, 0.3) is 0 Å². The number of carbonyl (C=O) groups is 2. The molecule has 8 heteroatoms. The summed E-state index contributed by atoms with van der Waals surface area (Å²) in [6.45, 7) is 14.9. The van der Waals surface area contributed by atoms with E-state index in [1.165, 1.54) is 4.90 Å². The molecule has 0 heterocycles. The summed E-state index contributed by atoms with van der Waals surface area (Å²) in [6, 6.07) is 19.0. The number of nitrogens with zero attached hydrogens (tertiary/aromatic N) is 2. The fourth-order valence-corrected chi connectivity index (χ4v) is 6.24. The molecule has 7 nitrogen and oxygen atoms in total. The van der Waals surface area contributed by atoms with E-state index in [4.69, 9.17) is 0 Å². The molecule has 3 rings (SSSR count). The topological polar surface area (TPSA) is 86.8 Å². The monoisotopic (exact) mass is 577 g/mol. The van der Waals surface area contributed by atoms with Crippen molar-refractivity contribution in [1.29, 1.82) is 0 Å². The molecule has 0 aliphatic carbocycles. The van der Waals surface area contributed by atoms with Gasteiger partial charge in [0.05, 0.1) is 10.6 Å². The summed E-state index contributed by atoms with van der Waals surface area (Å²) < 4.78 is 29.3. The highest BCUT2D eigenvalue weighted by Gasteiger charge is 2.34. The van der Waals surface area contributed by atoms with Crippen LogP contribution in [0.4, 0.5) is 5.69 Å². The van der Waals surface area contributed by atoms with E-state index in [0.717, 1.165) is 32.1 Å². The van der Waals surface area contributed by atoms with Crippen LogP contribution >= 0.6 is 0 Å². The van der Waals surface area contributed by atoms with Crippen molar-refractivity contribution in [1.82, 2.24) is 10.2 Å². The van der Waals surface area contributed by atoms with Crippen molar-refractivity contribution in [3.8, 4) is 0 Å². The molecular formula is C33H43N3O4S. The second-order valence-corrected chi connectivity index (χ2v) is 13.7. The zero-order valence-electron chi connectivity index (χ0n) is 25.5. The molecule has 41 heavy (non-hydrogen) atoms. The van der Waals surface area contributed by atoms with Gasteiger partial charge in [0.15, 0.2) is 0 Å². The Hall–Kier alpha value is -3.65. The van der Waals surface area contributed by atoms with Gasteiger partial charge in [0.1, 0.15) is 12.6 Å². The lowest BCUT2D eigenvalue weighted by molar-refractivity contribution is -0.141. The number of benzene rings is 3. The Balaban J connectivity index is 2.11. The quantitative estimate of drug-likeness (QED) is 0.328. The molecule has 0 spiro atoms. The van der Waals surface area contributed by atoms with E-state index in [-0.39, 0.29) is 17.3 Å². The number of aryl methyl sites for hydroxylation is 4. The molecule has 0 saturated carbocycles. The summed E-state index contributed by atoms with van der Waals surface area (Å²) in [5.41, 5.74) is 4.48. The first kappa shape index (κ1) is 31.9. The minimum absolute atomic E-state index is 0.0952. The van der Waals surface area contributed by atoms with Crippen molar-refractivity contribution in [2.24, 2.45) is 0 Å². The second kappa shape index (κ2) is 12.9. The SMILES string of the molecule is CCC(C(=O)NC(C)(C)C)N(Cc1cccc(C)c1)C(=O)CN(c1cc(C)cc(C)c1)S(=O)(=O)c1ccc(C)cc1. The summed E-state index contributed by atoms with van der Waals surface area (Å²) in [5.74, 6) is -0.738. The van der Waals surface area contributed by atoms with Crippen LogP contribution in [0, 0.1) is 27.7 Å². The average molecular weight is 578 g/mol. The van der Waals surface area contributed by atoms with Gasteiger partial charge in [0.2, 0.25) is 11.8 Å². The van der Waals surface area contributed by atoms with Gasteiger partial charge >= 0.3 is 0 Å². The highest BCUT2D eigenvalue weighted by Crippen LogP contribution is 2.27. The standard InChI is InChI=1S/C33H43N3O4S/c1-9-30(32(38)34-33(6,7)8)35(21-27-12-10-11-24(3)18-27)31(37)22-36(28-19-25(4)17-26(5)20-28)41(39,40)29-15-13-23(2)14-16-29/h10-20,30H,9,21-22H2,1-8H3,(H,34,38). The number of anilines is 1. The van der Waals surface area contributed by atoms with Gasteiger partial charge in [-0.3, -0.25) is 13.9 Å². The fraction of sp³-hybridized carbons (Fsp3) is 0.394. The van der Waals surface area contributed by atoms with Crippen molar-refractivity contribution in [2.45, 2.75) is 84.8 Å². The maximum absolute atomic E-state index is 14.2. The van der Waals surface area contributed by atoms with Crippen LogP contribution in [-0.4, -0.2) is 43.3 Å². The summed E-state index contributed by atoms with van der Waals surface area (Å²) >= 11 is 0. The second-order valence-electron chi connectivity index (χ2n) is 11.8. The van der Waals surface area contributed by atoms with E-state index in [9.17, 15) is 18.0 Å². The Kier molecular flexibility index (Phi) is 10.0. The van der Waals surface area contributed by atoms with Crippen LogP contribution in [0.2, 0.25) is 0 Å². The van der Waals surface area contributed by atoms with Crippen molar-refractivity contribution >= 4 is 27.5 Å². The molecule has 0 fully saturated rings. The van der Waals surface area contributed by atoms with Gasteiger partial charge in [-0.05, 0) is 95.8 Å². The van der Waals surface area contributed by atoms with E-state index < -0.39 is 34.1 Å². The molecular weight excluding hydrogens is 534 g/mol. The number of amides is 2. The summed E-state index contributed by atoms with van der Waals surface area (Å²) in [6.07, 6.45) is 0.369. The smallest absolute Gasteiger partial charge is 0.264 e. The van der Waals surface area contributed by atoms with Crippen LogP contribution < -0.4 is 9.62 Å². The van der Waals surface area contributed by atoms with Crippen LogP contribution in [0.1, 0.15) is 61.9 Å². The highest BCUT2D eigenvalue weighted by atomic mass is 32.2. The van der Waals surface area contributed by atoms with Gasteiger partial charge < -0.3 is 10.2 Å². The maximum Gasteiger partial charge on any atom is 0.264 e. The zero-order chi connectivity index (χ0) is 30.5. The fourth-order valence-electron chi connectivity index (χ4n) is 4.84. The van der Waals surface area contributed by atoms with Crippen LogP contribution in [0.3, 0.4) is 0 Å². The first-order valence-electron chi connectivity index (χ1n) is 14.0. The molecule has 220 valence electrons. The number of nitrogens with one attached hydrogen (secondary N) is 1. The molecule has 3 aromatic rings. The van der Waals surface area contributed by atoms with Gasteiger partial charge in [-0.2, -0.15) is 0 Å². The Morgan fingerprint density at radius 3 is 1.98 bits per heavy atom. The number of hydrogen-bond donors (Lipinski definition) is 1. The van der Waals surface area contributed by atoms with Gasteiger partial charge in [0.25, 0.3) is 10.0 Å².